The predicted molar refractivity (Wildman–Crippen MR) is 80.1 cm³/mol. The first-order chi connectivity index (χ1) is 10.7. The van der Waals surface area contributed by atoms with Crippen molar-refractivity contribution in [2.24, 2.45) is 5.16 Å². The minimum Gasteiger partial charge on any atom is -0.262 e. The van der Waals surface area contributed by atoms with Crippen LogP contribution in [0.5, 0.6) is 0 Å². The van der Waals surface area contributed by atoms with Crippen LogP contribution in [-0.2, 0) is 14.4 Å². The topological polar surface area (TPSA) is 55.7 Å². The Morgan fingerprint density at radius 1 is 0.957 bits per heavy atom. The summed E-state index contributed by atoms with van der Waals surface area (Å²) >= 11 is 0. The van der Waals surface area contributed by atoms with E-state index in [1.165, 1.54) is 6.92 Å². The molecule has 2 aromatic rings. The number of rotatable bonds is 4. The zero-order chi connectivity index (χ0) is 17.1. The van der Waals surface area contributed by atoms with Crippen LogP contribution in [-0.4, -0.2) is 19.6 Å². The molecule has 0 radical (unpaired) electrons. The van der Waals surface area contributed by atoms with Gasteiger partial charge in [0.25, 0.3) is 0 Å². The van der Waals surface area contributed by atoms with Gasteiger partial charge in [-0.15, -0.1) is 0 Å². The van der Waals surface area contributed by atoms with Crippen LogP contribution < -0.4 is 0 Å². The van der Waals surface area contributed by atoms with Crippen LogP contribution in [0.1, 0.15) is 12.5 Å². The molecule has 0 heterocycles. The van der Waals surface area contributed by atoms with E-state index >= 15 is 0 Å². The smallest absolute Gasteiger partial charge is 0.262 e. The van der Waals surface area contributed by atoms with Crippen LogP contribution in [0.4, 0.5) is 13.2 Å². The van der Waals surface area contributed by atoms with Crippen molar-refractivity contribution in [3.63, 3.8) is 0 Å². The quantitative estimate of drug-likeness (QED) is 0.480. The summed E-state index contributed by atoms with van der Waals surface area (Å²) in [5.41, 5.74) is -3.16. The van der Waals surface area contributed by atoms with E-state index in [-0.39, 0.29) is 5.71 Å². The molecular formula is C15H12F3NO3S. The molecule has 2 aromatic carbocycles. The molecule has 4 nitrogen and oxygen atoms in total. The number of hydrogen-bond donors (Lipinski definition) is 0. The fraction of sp³-hybridized carbons (Fsp3) is 0.133. The fourth-order valence-electron chi connectivity index (χ4n) is 1.73. The molecule has 0 aliphatic rings. The standard InChI is InChI=1S/C15H12F3NO3S/c1-11(19-22-23(20,21)15(16,17)18)12-7-9-14(10-8-12)13-5-3-2-4-6-13/h2-10H,1H3. The Kier molecular flexibility index (Phi) is 4.74. The summed E-state index contributed by atoms with van der Waals surface area (Å²) in [6.45, 7) is 1.35. The van der Waals surface area contributed by atoms with Gasteiger partial charge in [-0.05, 0) is 23.6 Å². The van der Waals surface area contributed by atoms with Crippen molar-refractivity contribution in [2.45, 2.75) is 12.4 Å². The third-order valence-corrected chi connectivity index (χ3v) is 3.80. The Hall–Kier alpha value is -2.35. The maximum absolute atomic E-state index is 12.1. The number of hydrogen-bond acceptors (Lipinski definition) is 4. The number of halogens is 3. The van der Waals surface area contributed by atoms with E-state index in [2.05, 4.69) is 9.44 Å². The van der Waals surface area contributed by atoms with Crippen LogP contribution in [0.25, 0.3) is 11.1 Å². The summed E-state index contributed by atoms with van der Waals surface area (Å²) in [6, 6.07) is 16.2. The zero-order valence-corrected chi connectivity index (χ0v) is 12.7. The van der Waals surface area contributed by atoms with Crippen LogP contribution in [0.3, 0.4) is 0 Å². The van der Waals surface area contributed by atoms with Crippen LogP contribution >= 0.6 is 0 Å². The van der Waals surface area contributed by atoms with Crippen molar-refractivity contribution < 1.29 is 25.9 Å². The summed E-state index contributed by atoms with van der Waals surface area (Å²) in [6.07, 6.45) is 0. The summed E-state index contributed by atoms with van der Waals surface area (Å²) < 4.78 is 61.6. The van der Waals surface area contributed by atoms with Crippen molar-refractivity contribution in [1.29, 1.82) is 0 Å². The van der Waals surface area contributed by atoms with Crippen molar-refractivity contribution in [3.8, 4) is 11.1 Å². The normalized spacial score (nSPS) is 13.0. The zero-order valence-electron chi connectivity index (χ0n) is 11.9. The molecule has 0 N–H and O–H groups in total. The van der Waals surface area contributed by atoms with Crippen LogP contribution in [0.15, 0.2) is 59.8 Å². The van der Waals surface area contributed by atoms with Gasteiger partial charge in [-0.1, -0.05) is 59.8 Å². The van der Waals surface area contributed by atoms with Gasteiger partial charge in [-0.3, -0.25) is 4.28 Å². The second-order valence-electron chi connectivity index (χ2n) is 4.59. The average Bonchev–Trinajstić information content (AvgIpc) is 2.52. The van der Waals surface area contributed by atoms with E-state index in [0.29, 0.717) is 5.56 Å². The highest BCUT2D eigenvalue weighted by Gasteiger charge is 2.49. The van der Waals surface area contributed by atoms with Gasteiger partial charge in [0, 0.05) is 0 Å². The molecule has 0 atom stereocenters. The van der Waals surface area contributed by atoms with E-state index in [0.717, 1.165) is 11.1 Å². The lowest BCUT2D eigenvalue weighted by molar-refractivity contribution is -0.0540. The molecule has 0 saturated heterocycles. The van der Waals surface area contributed by atoms with E-state index in [4.69, 9.17) is 0 Å². The van der Waals surface area contributed by atoms with E-state index in [1.54, 1.807) is 24.3 Å². The lowest BCUT2D eigenvalue weighted by Crippen LogP contribution is -2.24. The fourth-order valence-corrected chi connectivity index (χ4v) is 2.03. The van der Waals surface area contributed by atoms with Crippen molar-refractivity contribution in [3.05, 3.63) is 60.2 Å². The highest BCUT2D eigenvalue weighted by molar-refractivity contribution is 7.87. The molecule has 0 aliphatic carbocycles. The lowest BCUT2D eigenvalue weighted by atomic mass is 10.0. The molecule has 0 fully saturated rings. The molecular weight excluding hydrogens is 331 g/mol. The van der Waals surface area contributed by atoms with Gasteiger partial charge in [0.15, 0.2) is 0 Å². The first kappa shape index (κ1) is 17.0. The molecule has 122 valence electrons. The highest BCUT2D eigenvalue weighted by Crippen LogP contribution is 2.25. The lowest BCUT2D eigenvalue weighted by Gasteiger charge is -2.06. The summed E-state index contributed by atoms with van der Waals surface area (Å²) in [4.78, 5) is 0. The maximum Gasteiger partial charge on any atom is 0.536 e. The Labute approximate surface area is 131 Å². The second-order valence-corrected chi connectivity index (χ2v) is 6.11. The molecule has 0 unspecified atom stereocenters. The second kappa shape index (κ2) is 6.41. The van der Waals surface area contributed by atoms with Crippen LogP contribution in [0, 0.1) is 0 Å². The first-order valence-corrected chi connectivity index (χ1v) is 7.82. The molecule has 0 amide bonds. The van der Waals surface area contributed by atoms with E-state index < -0.39 is 15.6 Å². The first-order valence-electron chi connectivity index (χ1n) is 6.41. The number of oxime groups is 1. The van der Waals surface area contributed by atoms with Crippen molar-refractivity contribution >= 4 is 15.8 Å². The molecule has 0 aliphatic heterocycles. The molecule has 0 spiro atoms. The van der Waals surface area contributed by atoms with Gasteiger partial charge in [-0.25, -0.2) is 0 Å². The largest absolute Gasteiger partial charge is 0.536 e. The van der Waals surface area contributed by atoms with Gasteiger partial charge in [0.05, 0.1) is 5.71 Å². The third kappa shape index (κ3) is 4.10. The average molecular weight is 343 g/mol. The molecule has 0 saturated carbocycles. The van der Waals surface area contributed by atoms with Gasteiger partial charge in [0.1, 0.15) is 0 Å². The Morgan fingerprint density at radius 2 is 1.48 bits per heavy atom. The number of alkyl halides is 3. The Bertz CT molecular complexity index is 798. The molecule has 8 heteroatoms. The van der Waals surface area contributed by atoms with Gasteiger partial charge in [-0.2, -0.15) is 21.6 Å². The molecule has 2 rings (SSSR count). The summed E-state index contributed by atoms with van der Waals surface area (Å²) in [5.74, 6) is 0. The van der Waals surface area contributed by atoms with Gasteiger partial charge < -0.3 is 0 Å². The molecule has 0 bridgehead atoms. The highest BCUT2D eigenvalue weighted by atomic mass is 32.2. The third-order valence-electron chi connectivity index (χ3n) is 2.97. The molecule has 23 heavy (non-hydrogen) atoms. The van der Waals surface area contributed by atoms with Crippen molar-refractivity contribution in [2.75, 3.05) is 0 Å². The van der Waals surface area contributed by atoms with Crippen molar-refractivity contribution in [1.82, 2.24) is 0 Å². The minimum absolute atomic E-state index is 0.0115. The minimum atomic E-state index is -5.74. The number of nitrogens with zero attached hydrogens (tertiary/aromatic N) is 1. The van der Waals surface area contributed by atoms with Gasteiger partial charge in [0.2, 0.25) is 0 Å². The SMILES string of the molecule is CC(=NOS(=O)(=O)C(F)(F)F)c1ccc(-c2ccccc2)cc1. The summed E-state index contributed by atoms with van der Waals surface area (Å²) in [5, 5.41) is 3.04. The van der Waals surface area contributed by atoms with Gasteiger partial charge >= 0.3 is 15.6 Å². The van der Waals surface area contributed by atoms with E-state index in [1.807, 2.05) is 30.3 Å². The Balaban J connectivity index is 2.18. The summed E-state index contributed by atoms with van der Waals surface area (Å²) in [7, 11) is -5.74. The van der Waals surface area contributed by atoms with E-state index in [9.17, 15) is 21.6 Å². The predicted octanol–water partition coefficient (Wildman–Crippen LogP) is 3.94. The maximum atomic E-state index is 12.1. The monoisotopic (exact) mass is 343 g/mol. The van der Waals surface area contributed by atoms with Crippen LogP contribution in [0.2, 0.25) is 0 Å². The Morgan fingerprint density at radius 3 is 2.00 bits per heavy atom. The molecule has 0 aromatic heterocycles. The number of benzene rings is 2.